The zero-order chi connectivity index (χ0) is 26.2. The summed E-state index contributed by atoms with van der Waals surface area (Å²) in [7, 11) is 3.51. The van der Waals surface area contributed by atoms with Crippen molar-refractivity contribution >= 4 is 33.7 Å². The molecule has 1 fully saturated rings. The molecule has 7 heteroatoms. The van der Waals surface area contributed by atoms with Crippen molar-refractivity contribution in [3.8, 4) is 5.75 Å². The average Bonchev–Trinajstić information content (AvgIpc) is 3.48. The minimum atomic E-state index is 0.0856. The van der Waals surface area contributed by atoms with E-state index in [2.05, 4.69) is 16.5 Å². The molecule has 1 aliphatic carbocycles. The summed E-state index contributed by atoms with van der Waals surface area (Å²) >= 11 is 5.91. The predicted octanol–water partition coefficient (Wildman–Crippen LogP) is 7.61. The van der Waals surface area contributed by atoms with Crippen LogP contribution in [0.3, 0.4) is 0 Å². The number of hydrogen-bond acceptors (Lipinski definition) is 3. The van der Waals surface area contributed by atoms with Gasteiger partial charge in [-0.05, 0) is 62.4 Å². The highest BCUT2D eigenvalue weighted by Crippen LogP contribution is 2.32. The molecule has 0 atom stereocenters. The summed E-state index contributed by atoms with van der Waals surface area (Å²) in [5, 5.41) is 1.80. The summed E-state index contributed by atoms with van der Waals surface area (Å²) in [6.45, 7) is 9.90. The van der Waals surface area contributed by atoms with E-state index < -0.39 is 0 Å². The summed E-state index contributed by atoms with van der Waals surface area (Å²) < 4.78 is 8.98. The first kappa shape index (κ1) is 27.6. The zero-order valence-electron chi connectivity index (χ0n) is 22.2. The number of nitrogens with zero attached hydrogens (tertiary/aromatic N) is 3. The maximum atomic E-state index is 12.6. The van der Waals surface area contributed by atoms with Gasteiger partial charge in [-0.2, -0.15) is 0 Å². The van der Waals surface area contributed by atoms with Gasteiger partial charge in [0.2, 0.25) is 0 Å². The van der Waals surface area contributed by atoms with E-state index in [0.717, 1.165) is 64.1 Å². The van der Waals surface area contributed by atoms with Crippen LogP contribution < -0.4 is 10.4 Å². The molecule has 1 saturated carbocycles. The molecule has 36 heavy (non-hydrogen) atoms. The van der Waals surface area contributed by atoms with Gasteiger partial charge in [-0.25, -0.2) is 9.78 Å². The van der Waals surface area contributed by atoms with Gasteiger partial charge in [0.1, 0.15) is 11.4 Å². The Morgan fingerprint density at radius 1 is 1.22 bits per heavy atom. The van der Waals surface area contributed by atoms with Crippen molar-refractivity contribution in [1.82, 2.24) is 19.1 Å². The Labute approximate surface area is 218 Å². The fourth-order valence-electron chi connectivity index (χ4n) is 4.81. The van der Waals surface area contributed by atoms with Crippen LogP contribution in [0.5, 0.6) is 5.75 Å². The van der Waals surface area contributed by atoms with Gasteiger partial charge in [0.05, 0.1) is 24.3 Å². The molecule has 4 aromatic rings. The summed E-state index contributed by atoms with van der Waals surface area (Å²) in [6, 6.07) is 8.04. The van der Waals surface area contributed by atoms with Gasteiger partial charge in [0.25, 0.3) is 0 Å². The van der Waals surface area contributed by atoms with Crippen LogP contribution in [0.4, 0.5) is 0 Å². The van der Waals surface area contributed by atoms with E-state index in [9.17, 15) is 4.79 Å². The number of methoxy groups -OCH3 is 1. The van der Waals surface area contributed by atoms with E-state index >= 15 is 0 Å². The first-order valence-electron chi connectivity index (χ1n) is 12.9. The normalized spacial score (nSPS) is 13.6. The minimum absolute atomic E-state index is 0.0856. The highest BCUT2D eigenvalue weighted by molar-refractivity contribution is 6.30. The molecule has 3 heterocycles. The van der Waals surface area contributed by atoms with Gasteiger partial charge in [-0.1, -0.05) is 50.3 Å². The fraction of sp³-hybridized carbons (Fsp3) is 0.448. The number of ether oxygens (including phenoxy) is 1. The van der Waals surface area contributed by atoms with Gasteiger partial charge in [0.15, 0.2) is 0 Å². The molecule has 5 rings (SSSR count). The number of aromatic nitrogens is 4. The number of pyridine rings is 1. The van der Waals surface area contributed by atoms with Gasteiger partial charge < -0.3 is 9.72 Å². The molecule has 0 radical (unpaired) electrons. The Balaban J connectivity index is 0.000000200. The summed E-state index contributed by atoms with van der Waals surface area (Å²) in [4.78, 5) is 20.2. The molecule has 6 nitrogen and oxygen atoms in total. The third-order valence-electron chi connectivity index (χ3n) is 6.64. The van der Waals surface area contributed by atoms with E-state index in [0.29, 0.717) is 6.04 Å². The molecule has 0 amide bonds. The van der Waals surface area contributed by atoms with Crippen molar-refractivity contribution in [2.75, 3.05) is 7.11 Å². The Hall–Kier alpha value is -2.99. The summed E-state index contributed by atoms with van der Waals surface area (Å²) in [6.07, 6.45) is 11.5. The number of hydrogen-bond donors (Lipinski definition) is 1. The topological polar surface area (TPSA) is 64.8 Å². The van der Waals surface area contributed by atoms with Gasteiger partial charge >= 0.3 is 5.69 Å². The second kappa shape index (κ2) is 12.8. The number of nitrogens with one attached hydrogen (secondary N) is 1. The lowest BCUT2D eigenvalue weighted by atomic mass is 9.95. The number of allylic oxidation sites excluding steroid dienone is 1. The molecule has 0 aliphatic heterocycles. The van der Waals surface area contributed by atoms with Crippen LogP contribution in [0.1, 0.15) is 70.9 Å². The molecule has 1 aliphatic rings. The fourth-order valence-corrected chi connectivity index (χ4v) is 5.01. The first-order chi connectivity index (χ1) is 17.4. The number of rotatable bonds is 5. The van der Waals surface area contributed by atoms with Crippen molar-refractivity contribution in [2.45, 2.75) is 71.8 Å². The number of H-pyrrole nitrogens is 1. The third kappa shape index (κ3) is 6.04. The van der Waals surface area contributed by atoms with E-state index in [1.807, 2.05) is 62.8 Å². The highest BCUT2D eigenvalue weighted by atomic mass is 35.5. The number of aromatic amines is 1. The zero-order valence-corrected chi connectivity index (χ0v) is 23.0. The van der Waals surface area contributed by atoms with Crippen molar-refractivity contribution in [3.63, 3.8) is 0 Å². The average molecular weight is 511 g/mol. The molecular weight excluding hydrogens is 472 g/mol. The monoisotopic (exact) mass is 510 g/mol. The minimum Gasteiger partial charge on any atom is -0.496 e. The van der Waals surface area contributed by atoms with E-state index in [-0.39, 0.29) is 5.69 Å². The van der Waals surface area contributed by atoms with Crippen LogP contribution in [0.25, 0.3) is 22.1 Å². The van der Waals surface area contributed by atoms with E-state index in [4.69, 9.17) is 16.3 Å². The quantitative estimate of drug-likeness (QED) is 0.281. The van der Waals surface area contributed by atoms with E-state index in [1.165, 1.54) is 24.8 Å². The Kier molecular flexibility index (Phi) is 9.82. The number of halogens is 1. The van der Waals surface area contributed by atoms with Crippen LogP contribution in [0.15, 0.2) is 53.6 Å². The smallest absolute Gasteiger partial charge is 0.329 e. The number of imidazole rings is 1. The van der Waals surface area contributed by atoms with Crippen LogP contribution in [0.2, 0.25) is 5.02 Å². The summed E-state index contributed by atoms with van der Waals surface area (Å²) in [5.74, 6) is 0.899. The molecular formula is C29H39ClN4O2. The second-order valence-corrected chi connectivity index (χ2v) is 9.59. The molecule has 1 N–H and O–H groups in total. The standard InChI is InChI=1S/C15H18N4O.C12H15ClO.C2H6/c1-18-12-9-17-14-11(7-8-16-14)13(12)19(15(18)20)10-5-3-2-4-6-10;1-9(2)4-5-10-8-11(13)6-7-12(10)14-3;1-2/h7-10H,2-6H2,1H3,(H,16,17);6-8H,1,4-5H2,2-3H3;1-2H3. The maximum Gasteiger partial charge on any atom is 0.329 e. The van der Waals surface area contributed by atoms with Crippen LogP contribution in [-0.2, 0) is 13.5 Å². The van der Waals surface area contributed by atoms with Crippen molar-refractivity contribution in [2.24, 2.45) is 7.05 Å². The van der Waals surface area contributed by atoms with Crippen LogP contribution >= 0.6 is 11.6 Å². The Bertz CT molecular complexity index is 1360. The maximum absolute atomic E-state index is 12.6. The molecule has 0 bridgehead atoms. The number of fused-ring (bicyclic) bond motifs is 3. The second-order valence-electron chi connectivity index (χ2n) is 9.15. The molecule has 1 aromatic carbocycles. The number of benzene rings is 1. The Morgan fingerprint density at radius 2 is 1.94 bits per heavy atom. The SMILES string of the molecule is C=C(C)CCc1cc(Cl)ccc1OC.CC.Cn1c(=O)n(C2CCCCC2)c2c3cc[nH]c3ncc21. The van der Waals surface area contributed by atoms with E-state index in [1.54, 1.807) is 17.9 Å². The first-order valence-corrected chi connectivity index (χ1v) is 13.3. The molecule has 3 aromatic heterocycles. The molecule has 0 spiro atoms. The Morgan fingerprint density at radius 3 is 2.61 bits per heavy atom. The lowest BCUT2D eigenvalue weighted by molar-refractivity contribution is 0.351. The lowest BCUT2D eigenvalue weighted by Gasteiger charge is -2.23. The largest absolute Gasteiger partial charge is 0.496 e. The van der Waals surface area contributed by atoms with Gasteiger partial charge in [-0.3, -0.25) is 9.13 Å². The molecule has 0 unspecified atom stereocenters. The number of aryl methyl sites for hydroxylation is 2. The van der Waals surface area contributed by atoms with Crippen molar-refractivity contribution < 1.29 is 4.74 Å². The van der Waals surface area contributed by atoms with Crippen LogP contribution in [0, 0.1) is 0 Å². The van der Waals surface area contributed by atoms with Crippen molar-refractivity contribution in [1.29, 1.82) is 0 Å². The van der Waals surface area contributed by atoms with Gasteiger partial charge in [0, 0.05) is 29.7 Å². The molecule has 194 valence electrons. The lowest BCUT2D eigenvalue weighted by Crippen LogP contribution is -2.27. The van der Waals surface area contributed by atoms with Crippen LogP contribution in [-0.4, -0.2) is 26.2 Å². The van der Waals surface area contributed by atoms with Crippen molar-refractivity contribution in [3.05, 3.63) is 69.9 Å². The van der Waals surface area contributed by atoms with Gasteiger partial charge in [-0.15, -0.1) is 6.58 Å². The molecule has 0 saturated heterocycles. The highest BCUT2D eigenvalue weighted by Gasteiger charge is 2.23. The predicted molar refractivity (Wildman–Crippen MR) is 151 cm³/mol. The summed E-state index contributed by atoms with van der Waals surface area (Å²) in [5.41, 5.74) is 5.22. The third-order valence-corrected chi connectivity index (χ3v) is 6.87.